The zero-order chi connectivity index (χ0) is 19.0. The van der Waals surface area contributed by atoms with Crippen molar-refractivity contribution in [1.82, 2.24) is 0 Å². The summed E-state index contributed by atoms with van der Waals surface area (Å²) in [5.41, 5.74) is 3.16. The minimum Gasteiger partial charge on any atom is -0.454 e. The lowest BCUT2D eigenvalue weighted by Gasteiger charge is -2.30. The average molecular weight is 365 g/mol. The van der Waals surface area contributed by atoms with Crippen molar-refractivity contribution in [2.75, 3.05) is 0 Å². The predicted molar refractivity (Wildman–Crippen MR) is 111 cm³/mol. The SMILES string of the molecule is CCCCCCCC(=O)OC1(c2ccc(-c3ccccc3)cc2)CCCC1. The third-order valence-electron chi connectivity index (χ3n) is 5.72. The Hall–Kier alpha value is -2.09. The molecule has 3 rings (SSSR count). The highest BCUT2D eigenvalue weighted by Crippen LogP contribution is 2.43. The number of benzene rings is 2. The van der Waals surface area contributed by atoms with Crippen LogP contribution in [0.4, 0.5) is 0 Å². The smallest absolute Gasteiger partial charge is 0.306 e. The molecule has 0 unspecified atom stereocenters. The molecule has 144 valence electrons. The molecule has 1 fully saturated rings. The van der Waals surface area contributed by atoms with Crippen molar-refractivity contribution >= 4 is 5.97 Å². The molecule has 0 aliphatic heterocycles. The van der Waals surface area contributed by atoms with E-state index in [1.807, 2.05) is 6.07 Å². The number of carbonyl (C=O) groups is 1. The number of esters is 1. The summed E-state index contributed by atoms with van der Waals surface area (Å²) in [5, 5.41) is 0. The van der Waals surface area contributed by atoms with Gasteiger partial charge in [-0.05, 0) is 48.8 Å². The van der Waals surface area contributed by atoms with Gasteiger partial charge < -0.3 is 4.74 Å². The van der Waals surface area contributed by atoms with Crippen molar-refractivity contribution in [2.45, 2.75) is 76.7 Å². The number of hydrogen-bond donors (Lipinski definition) is 0. The van der Waals surface area contributed by atoms with E-state index in [0.29, 0.717) is 6.42 Å². The van der Waals surface area contributed by atoms with Gasteiger partial charge in [-0.25, -0.2) is 0 Å². The Morgan fingerprint density at radius 3 is 2.15 bits per heavy atom. The third-order valence-corrected chi connectivity index (χ3v) is 5.72. The molecule has 1 aliphatic rings. The molecule has 2 aromatic carbocycles. The van der Waals surface area contributed by atoms with Gasteiger partial charge in [-0.2, -0.15) is 0 Å². The Kier molecular flexibility index (Phi) is 7.09. The second kappa shape index (κ2) is 9.73. The van der Waals surface area contributed by atoms with Crippen molar-refractivity contribution in [3.63, 3.8) is 0 Å². The van der Waals surface area contributed by atoms with Crippen LogP contribution in [0, 0.1) is 0 Å². The van der Waals surface area contributed by atoms with Crippen LogP contribution in [0.25, 0.3) is 11.1 Å². The summed E-state index contributed by atoms with van der Waals surface area (Å²) >= 11 is 0. The standard InChI is InChI=1S/C25H32O2/c1-2-3-4-5-9-14-24(26)27-25(19-10-11-20-25)23-17-15-22(16-18-23)21-12-7-6-8-13-21/h6-8,12-13,15-18H,2-5,9-11,14,19-20H2,1H3. The summed E-state index contributed by atoms with van der Waals surface area (Å²) in [7, 11) is 0. The van der Waals surface area contributed by atoms with Crippen molar-refractivity contribution in [2.24, 2.45) is 0 Å². The Morgan fingerprint density at radius 2 is 1.48 bits per heavy atom. The summed E-state index contributed by atoms with van der Waals surface area (Å²) in [6.07, 6.45) is 10.5. The summed E-state index contributed by atoms with van der Waals surface area (Å²) in [6, 6.07) is 19.0. The van der Waals surface area contributed by atoms with Crippen LogP contribution in [0.15, 0.2) is 54.6 Å². The van der Waals surface area contributed by atoms with Crippen LogP contribution in [0.2, 0.25) is 0 Å². The molecule has 0 saturated heterocycles. The zero-order valence-electron chi connectivity index (χ0n) is 16.6. The second-order valence-corrected chi connectivity index (χ2v) is 7.78. The Balaban J connectivity index is 1.65. The number of carbonyl (C=O) groups excluding carboxylic acids is 1. The third kappa shape index (κ3) is 5.22. The van der Waals surface area contributed by atoms with Crippen LogP contribution in [-0.2, 0) is 15.1 Å². The van der Waals surface area contributed by atoms with Gasteiger partial charge in [0.15, 0.2) is 0 Å². The van der Waals surface area contributed by atoms with E-state index < -0.39 is 5.60 Å². The zero-order valence-corrected chi connectivity index (χ0v) is 16.6. The highest BCUT2D eigenvalue weighted by atomic mass is 16.6. The minimum absolute atomic E-state index is 0.0273. The molecule has 27 heavy (non-hydrogen) atoms. The lowest BCUT2D eigenvalue weighted by Crippen LogP contribution is -2.29. The fourth-order valence-electron chi connectivity index (χ4n) is 4.13. The van der Waals surface area contributed by atoms with Crippen LogP contribution >= 0.6 is 0 Å². The van der Waals surface area contributed by atoms with Gasteiger partial charge >= 0.3 is 5.97 Å². The highest BCUT2D eigenvalue weighted by Gasteiger charge is 2.39. The van der Waals surface area contributed by atoms with Crippen LogP contribution in [0.3, 0.4) is 0 Å². The van der Waals surface area contributed by atoms with E-state index in [2.05, 4.69) is 55.5 Å². The topological polar surface area (TPSA) is 26.3 Å². The molecule has 0 amide bonds. The van der Waals surface area contributed by atoms with E-state index in [4.69, 9.17) is 4.74 Å². The highest BCUT2D eigenvalue weighted by molar-refractivity contribution is 5.70. The summed E-state index contributed by atoms with van der Waals surface area (Å²) in [5.74, 6) is -0.0273. The number of rotatable bonds is 9. The minimum atomic E-state index is -0.407. The molecule has 0 N–H and O–H groups in total. The van der Waals surface area contributed by atoms with E-state index in [1.54, 1.807) is 0 Å². The predicted octanol–water partition coefficient (Wildman–Crippen LogP) is 7.03. The number of unbranched alkanes of at least 4 members (excludes halogenated alkanes) is 4. The van der Waals surface area contributed by atoms with E-state index in [0.717, 1.165) is 44.1 Å². The maximum atomic E-state index is 12.5. The van der Waals surface area contributed by atoms with Crippen molar-refractivity contribution in [3.05, 3.63) is 60.2 Å². The fraction of sp³-hybridized carbons (Fsp3) is 0.480. The van der Waals surface area contributed by atoms with E-state index in [9.17, 15) is 4.79 Å². The summed E-state index contributed by atoms with van der Waals surface area (Å²) in [4.78, 5) is 12.5. The maximum absolute atomic E-state index is 12.5. The monoisotopic (exact) mass is 364 g/mol. The first-order valence-electron chi connectivity index (χ1n) is 10.6. The molecule has 2 aromatic rings. The summed E-state index contributed by atoms with van der Waals surface area (Å²) < 4.78 is 6.10. The first-order chi connectivity index (χ1) is 13.2. The van der Waals surface area contributed by atoms with E-state index >= 15 is 0 Å². The maximum Gasteiger partial charge on any atom is 0.306 e. The van der Waals surface area contributed by atoms with Gasteiger partial charge in [0.2, 0.25) is 0 Å². The van der Waals surface area contributed by atoms with E-state index in [-0.39, 0.29) is 5.97 Å². The summed E-state index contributed by atoms with van der Waals surface area (Å²) in [6.45, 7) is 2.21. The van der Waals surface area contributed by atoms with Gasteiger partial charge in [0.25, 0.3) is 0 Å². The molecule has 0 bridgehead atoms. The molecule has 0 radical (unpaired) electrons. The molecule has 1 aliphatic carbocycles. The van der Waals surface area contributed by atoms with E-state index in [1.165, 1.54) is 30.4 Å². The van der Waals surface area contributed by atoms with Crippen LogP contribution in [-0.4, -0.2) is 5.97 Å². The molecular weight excluding hydrogens is 332 g/mol. The van der Waals surface area contributed by atoms with Gasteiger partial charge in [0.05, 0.1) is 0 Å². The first kappa shape index (κ1) is 19.7. The fourth-order valence-corrected chi connectivity index (χ4v) is 4.13. The van der Waals surface area contributed by atoms with Crippen LogP contribution in [0.1, 0.15) is 76.7 Å². The number of ether oxygens (including phenoxy) is 1. The van der Waals surface area contributed by atoms with Crippen LogP contribution < -0.4 is 0 Å². The molecule has 1 saturated carbocycles. The van der Waals surface area contributed by atoms with Crippen molar-refractivity contribution in [3.8, 4) is 11.1 Å². The Bertz CT molecular complexity index is 697. The molecule has 2 nitrogen and oxygen atoms in total. The lowest BCUT2D eigenvalue weighted by atomic mass is 9.90. The molecule has 0 aromatic heterocycles. The van der Waals surface area contributed by atoms with Gasteiger partial charge in [-0.15, -0.1) is 0 Å². The van der Waals surface area contributed by atoms with Crippen LogP contribution in [0.5, 0.6) is 0 Å². The van der Waals surface area contributed by atoms with Gasteiger partial charge in [0.1, 0.15) is 5.60 Å². The second-order valence-electron chi connectivity index (χ2n) is 7.78. The van der Waals surface area contributed by atoms with Crippen molar-refractivity contribution in [1.29, 1.82) is 0 Å². The normalized spacial score (nSPS) is 15.6. The molecule has 0 atom stereocenters. The average Bonchev–Trinajstić information content (AvgIpc) is 3.18. The lowest BCUT2D eigenvalue weighted by molar-refractivity contribution is -0.160. The molecular formula is C25H32O2. The van der Waals surface area contributed by atoms with Gasteiger partial charge in [-0.1, -0.05) is 87.2 Å². The molecule has 0 heterocycles. The molecule has 0 spiro atoms. The first-order valence-corrected chi connectivity index (χ1v) is 10.6. The quantitative estimate of drug-likeness (QED) is 0.353. The largest absolute Gasteiger partial charge is 0.454 e. The van der Waals surface area contributed by atoms with Gasteiger partial charge in [-0.3, -0.25) is 4.79 Å². The molecule has 2 heteroatoms. The van der Waals surface area contributed by atoms with Crippen molar-refractivity contribution < 1.29 is 9.53 Å². The van der Waals surface area contributed by atoms with Gasteiger partial charge in [0, 0.05) is 6.42 Å². The number of hydrogen-bond acceptors (Lipinski definition) is 2. The Labute approximate surface area is 164 Å². The Morgan fingerprint density at radius 1 is 0.852 bits per heavy atom.